The van der Waals surface area contributed by atoms with Crippen molar-refractivity contribution in [2.45, 2.75) is 0 Å². The molecule has 6 nitrogen and oxygen atoms in total. The van der Waals surface area contributed by atoms with Crippen LogP contribution in [0.15, 0.2) is 36.8 Å². The van der Waals surface area contributed by atoms with Gasteiger partial charge in [0.15, 0.2) is 0 Å². The Balaban J connectivity index is 2.32. The summed E-state index contributed by atoms with van der Waals surface area (Å²) in [6.45, 7) is 1.12. The molecule has 0 bridgehead atoms. The normalized spacial score (nSPS) is 9.65. The third-order valence-corrected chi connectivity index (χ3v) is 2.91. The minimum Gasteiger partial charge on any atom is -0.465 e. The molecule has 0 saturated heterocycles. The van der Waals surface area contributed by atoms with E-state index in [2.05, 4.69) is 27.1 Å². The van der Waals surface area contributed by atoms with E-state index in [0.29, 0.717) is 30.1 Å². The zero-order valence-electron chi connectivity index (χ0n) is 13.0. The lowest BCUT2D eigenvalue weighted by atomic mass is 10.1. The number of methoxy groups -OCH3 is 2. The van der Waals surface area contributed by atoms with E-state index in [4.69, 9.17) is 9.47 Å². The van der Waals surface area contributed by atoms with Crippen LogP contribution in [-0.4, -0.2) is 43.3 Å². The third kappa shape index (κ3) is 4.80. The van der Waals surface area contributed by atoms with Gasteiger partial charge in [0.25, 0.3) is 0 Å². The summed E-state index contributed by atoms with van der Waals surface area (Å²) < 4.78 is 9.72. The van der Waals surface area contributed by atoms with Crippen LogP contribution in [0.1, 0.15) is 21.5 Å². The van der Waals surface area contributed by atoms with Gasteiger partial charge in [-0.15, -0.1) is 0 Å². The fourth-order valence-electron chi connectivity index (χ4n) is 1.78. The molecule has 2 aromatic heterocycles. The van der Waals surface area contributed by atoms with Crippen LogP contribution in [0.3, 0.4) is 0 Å². The standard InChI is InChI=1S/C17H17N3O3/c1-22-9-8-19-16-14(6-5-13-4-3-7-18-11-13)10-15(12-20-16)17(21)23-2/h3-4,7,10-12H,8-9H2,1-2H3,(H,19,20). The molecular formula is C17H17N3O3. The molecule has 2 rings (SSSR count). The maximum absolute atomic E-state index is 11.7. The van der Waals surface area contributed by atoms with Crippen molar-refractivity contribution in [3.05, 3.63) is 53.5 Å². The molecule has 0 amide bonds. The van der Waals surface area contributed by atoms with E-state index in [0.717, 1.165) is 5.56 Å². The average Bonchev–Trinajstić information content (AvgIpc) is 2.61. The van der Waals surface area contributed by atoms with Gasteiger partial charge in [-0.2, -0.15) is 0 Å². The van der Waals surface area contributed by atoms with E-state index in [9.17, 15) is 4.79 Å². The number of esters is 1. The monoisotopic (exact) mass is 311 g/mol. The first-order chi connectivity index (χ1) is 11.2. The predicted molar refractivity (Wildman–Crippen MR) is 86.2 cm³/mol. The fourth-order valence-corrected chi connectivity index (χ4v) is 1.78. The Morgan fingerprint density at radius 2 is 2.17 bits per heavy atom. The van der Waals surface area contributed by atoms with Crippen LogP contribution in [-0.2, 0) is 9.47 Å². The summed E-state index contributed by atoms with van der Waals surface area (Å²) in [6.07, 6.45) is 4.81. The van der Waals surface area contributed by atoms with Gasteiger partial charge in [0.05, 0.1) is 24.8 Å². The number of carbonyl (C=O) groups excluding carboxylic acids is 1. The maximum atomic E-state index is 11.7. The molecule has 0 aliphatic carbocycles. The number of aromatic nitrogens is 2. The first-order valence-corrected chi connectivity index (χ1v) is 6.98. The summed E-state index contributed by atoms with van der Waals surface area (Å²) in [5.74, 6) is 6.15. The average molecular weight is 311 g/mol. The zero-order valence-corrected chi connectivity index (χ0v) is 13.0. The predicted octanol–water partition coefficient (Wildman–Crippen LogP) is 1.72. The van der Waals surface area contributed by atoms with E-state index in [-0.39, 0.29) is 0 Å². The number of ether oxygens (including phenoxy) is 2. The Morgan fingerprint density at radius 3 is 2.87 bits per heavy atom. The molecular weight excluding hydrogens is 294 g/mol. The first kappa shape index (κ1) is 16.5. The zero-order chi connectivity index (χ0) is 16.5. The molecule has 118 valence electrons. The van der Waals surface area contributed by atoms with Crippen LogP contribution in [0.5, 0.6) is 0 Å². The Bertz CT molecular complexity index is 721. The maximum Gasteiger partial charge on any atom is 0.339 e. The Kier molecular flexibility index (Phi) is 6.09. The quantitative estimate of drug-likeness (QED) is 0.515. The molecule has 0 unspecified atom stereocenters. The van der Waals surface area contributed by atoms with Gasteiger partial charge >= 0.3 is 5.97 Å². The Labute approximate surface area is 134 Å². The summed E-state index contributed by atoms with van der Waals surface area (Å²) in [6, 6.07) is 5.32. The molecule has 0 fully saturated rings. The van der Waals surface area contributed by atoms with E-state index < -0.39 is 5.97 Å². The lowest BCUT2D eigenvalue weighted by Gasteiger charge is -2.08. The minimum absolute atomic E-state index is 0.347. The van der Waals surface area contributed by atoms with Gasteiger partial charge in [-0.3, -0.25) is 4.98 Å². The van der Waals surface area contributed by atoms with Crippen molar-refractivity contribution in [3.63, 3.8) is 0 Å². The van der Waals surface area contributed by atoms with Crippen LogP contribution >= 0.6 is 0 Å². The molecule has 0 aliphatic heterocycles. The molecule has 0 saturated carbocycles. The highest BCUT2D eigenvalue weighted by Crippen LogP contribution is 2.14. The van der Waals surface area contributed by atoms with Crippen molar-refractivity contribution in [2.24, 2.45) is 0 Å². The summed E-state index contributed by atoms with van der Waals surface area (Å²) >= 11 is 0. The fraction of sp³-hybridized carbons (Fsp3) is 0.235. The number of pyridine rings is 2. The van der Waals surface area contributed by atoms with Crippen LogP contribution < -0.4 is 5.32 Å². The lowest BCUT2D eigenvalue weighted by Crippen LogP contribution is -2.11. The van der Waals surface area contributed by atoms with E-state index in [1.54, 1.807) is 25.6 Å². The number of nitrogens with one attached hydrogen (secondary N) is 1. The Hall–Kier alpha value is -2.91. The summed E-state index contributed by atoms with van der Waals surface area (Å²) in [5.41, 5.74) is 1.73. The Morgan fingerprint density at radius 1 is 1.30 bits per heavy atom. The second kappa shape index (κ2) is 8.51. The highest BCUT2D eigenvalue weighted by molar-refractivity contribution is 5.90. The molecule has 0 atom stereocenters. The van der Waals surface area contributed by atoms with Crippen LogP contribution in [0.2, 0.25) is 0 Å². The third-order valence-electron chi connectivity index (χ3n) is 2.91. The molecule has 2 aromatic rings. The van der Waals surface area contributed by atoms with Crippen molar-refractivity contribution >= 4 is 11.8 Å². The van der Waals surface area contributed by atoms with Gasteiger partial charge in [-0.25, -0.2) is 9.78 Å². The number of carbonyl (C=O) groups is 1. The topological polar surface area (TPSA) is 73.3 Å². The number of hydrogen-bond acceptors (Lipinski definition) is 6. The van der Waals surface area contributed by atoms with Crippen molar-refractivity contribution < 1.29 is 14.3 Å². The van der Waals surface area contributed by atoms with Gasteiger partial charge in [0.1, 0.15) is 5.82 Å². The van der Waals surface area contributed by atoms with E-state index in [1.807, 2.05) is 12.1 Å². The highest BCUT2D eigenvalue weighted by Gasteiger charge is 2.10. The van der Waals surface area contributed by atoms with Crippen LogP contribution in [0.25, 0.3) is 0 Å². The lowest BCUT2D eigenvalue weighted by molar-refractivity contribution is 0.0600. The van der Waals surface area contributed by atoms with Crippen molar-refractivity contribution in [2.75, 3.05) is 32.7 Å². The molecule has 0 aromatic carbocycles. The number of anilines is 1. The number of rotatable bonds is 5. The summed E-state index contributed by atoms with van der Waals surface area (Å²) in [7, 11) is 2.95. The van der Waals surface area contributed by atoms with Crippen molar-refractivity contribution in [1.82, 2.24) is 9.97 Å². The smallest absolute Gasteiger partial charge is 0.339 e. The molecule has 0 spiro atoms. The first-order valence-electron chi connectivity index (χ1n) is 6.98. The van der Waals surface area contributed by atoms with Gasteiger partial charge in [-0.05, 0) is 18.2 Å². The van der Waals surface area contributed by atoms with Gasteiger partial charge < -0.3 is 14.8 Å². The molecule has 6 heteroatoms. The van der Waals surface area contributed by atoms with Gasteiger partial charge in [0.2, 0.25) is 0 Å². The van der Waals surface area contributed by atoms with Gasteiger partial charge in [0, 0.05) is 37.8 Å². The summed E-state index contributed by atoms with van der Waals surface area (Å²) in [4.78, 5) is 19.9. The van der Waals surface area contributed by atoms with E-state index in [1.165, 1.54) is 13.3 Å². The molecule has 2 heterocycles. The second-order valence-electron chi connectivity index (χ2n) is 4.52. The summed E-state index contributed by atoms with van der Waals surface area (Å²) in [5, 5.41) is 3.13. The van der Waals surface area contributed by atoms with Gasteiger partial charge in [-0.1, -0.05) is 11.8 Å². The number of nitrogens with zero attached hydrogens (tertiary/aromatic N) is 2. The largest absolute Gasteiger partial charge is 0.465 e. The van der Waals surface area contributed by atoms with Crippen molar-refractivity contribution in [1.29, 1.82) is 0 Å². The molecule has 23 heavy (non-hydrogen) atoms. The SMILES string of the molecule is COCCNc1ncc(C(=O)OC)cc1C#Cc1cccnc1. The van der Waals surface area contributed by atoms with Crippen LogP contribution in [0.4, 0.5) is 5.82 Å². The van der Waals surface area contributed by atoms with E-state index >= 15 is 0 Å². The molecule has 0 radical (unpaired) electrons. The molecule has 0 aliphatic rings. The second-order valence-corrected chi connectivity index (χ2v) is 4.52. The minimum atomic E-state index is -0.453. The highest BCUT2D eigenvalue weighted by atomic mass is 16.5. The number of hydrogen-bond donors (Lipinski definition) is 1. The molecule has 1 N–H and O–H groups in total. The van der Waals surface area contributed by atoms with Crippen LogP contribution in [0, 0.1) is 11.8 Å². The van der Waals surface area contributed by atoms with Crippen molar-refractivity contribution in [3.8, 4) is 11.8 Å².